The molecule has 0 aliphatic carbocycles. The van der Waals surface area contributed by atoms with Gasteiger partial charge in [0.15, 0.2) is 0 Å². The summed E-state index contributed by atoms with van der Waals surface area (Å²) in [6.45, 7) is 6.16. The second-order valence-corrected chi connectivity index (χ2v) is 6.35. The van der Waals surface area contributed by atoms with Gasteiger partial charge in [-0.25, -0.2) is 0 Å². The van der Waals surface area contributed by atoms with Crippen molar-refractivity contribution in [3.05, 3.63) is 83.9 Å². The summed E-state index contributed by atoms with van der Waals surface area (Å²) in [5.74, 6) is 0.875. The van der Waals surface area contributed by atoms with Crippen LogP contribution in [0.1, 0.15) is 25.0 Å². The number of rotatable bonds is 5. The monoisotopic (exact) mass is 329 g/mol. The van der Waals surface area contributed by atoms with Gasteiger partial charge in [-0.2, -0.15) is 0 Å². The van der Waals surface area contributed by atoms with Crippen molar-refractivity contribution in [2.24, 2.45) is 4.99 Å². The molecule has 0 unspecified atom stereocenters. The highest BCUT2D eigenvalue weighted by Gasteiger charge is 2.12. The van der Waals surface area contributed by atoms with E-state index in [1.807, 2.05) is 62.5 Å². The highest BCUT2D eigenvalue weighted by molar-refractivity contribution is 5.90. The SMILES string of the molecule is Cc1ccc(N=Cc2cccc(-c3ccccc3)c2OC(C)C)cc1. The average Bonchev–Trinajstić information content (AvgIpc) is 2.62. The normalized spacial score (nSPS) is 11.2. The minimum absolute atomic E-state index is 0.0939. The molecule has 0 radical (unpaired) electrons. The van der Waals surface area contributed by atoms with Gasteiger partial charge in [0.2, 0.25) is 0 Å². The smallest absolute Gasteiger partial charge is 0.136 e. The minimum atomic E-state index is 0.0939. The number of para-hydroxylation sites is 1. The van der Waals surface area contributed by atoms with Crippen LogP contribution in [-0.2, 0) is 0 Å². The largest absolute Gasteiger partial charge is 0.490 e. The number of nitrogens with zero attached hydrogens (tertiary/aromatic N) is 1. The Morgan fingerprint density at radius 3 is 2.24 bits per heavy atom. The zero-order chi connectivity index (χ0) is 17.6. The molecule has 0 fully saturated rings. The van der Waals surface area contributed by atoms with Gasteiger partial charge in [-0.3, -0.25) is 4.99 Å². The molecule has 0 aromatic heterocycles. The van der Waals surface area contributed by atoms with Gasteiger partial charge >= 0.3 is 0 Å². The topological polar surface area (TPSA) is 21.6 Å². The predicted octanol–water partition coefficient (Wildman–Crippen LogP) is 6.20. The maximum atomic E-state index is 6.15. The maximum Gasteiger partial charge on any atom is 0.136 e. The fraction of sp³-hybridized carbons (Fsp3) is 0.174. The van der Waals surface area contributed by atoms with Crippen molar-refractivity contribution in [1.29, 1.82) is 0 Å². The molecule has 0 saturated carbocycles. The minimum Gasteiger partial charge on any atom is -0.490 e. The Bertz CT molecular complexity index is 849. The lowest BCUT2D eigenvalue weighted by Gasteiger charge is -2.17. The van der Waals surface area contributed by atoms with Gasteiger partial charge in [0.05, 0.1) is 11.8 Å². The molecule has 0 spiro atoms. The summed E-state index contributed by atoms with van der Waals surface area (Å²) < 4.78 is 6.15. The van der Waals surface area contributed by atoms with Crippen molar-refractivity contribution in [2.45, 2.75) is 26.9 Å². The summed E-state index contributed by atoms with van der Waals surface area (Å²) in [6, 6.07) is 24.7. The van der Waals surface area contributed by atoms with Crippen molar-refractivity contribution in [2.75, 3.05) is 0 Å². The number of ether oxygens (including phenoxy) is 1. The molecule has 2 nitrogen and oxygen atoms in total. The van der Waals surface area contributed by atoms with Crippen LogP contribution in [0.3, 0.4) is 0 Å². The molecule has 25 heavy (non-hydrogen) atoms. The van der Waals surface area contributed by atoms with E-state index < -0.39 is 0 Å². The predicted molar refractivity (Wildman–Crippen MR) is 106 cm³/mol. The number of benzene rings is 3. The van der Waals surface area contributed by atoms with Gasteiger partial charge in [0.25, 0.3) is 0 Å². The molecule has 2 heteroatoms. The van der Waals surface area contributed by atoms with Gasteiger partial charge in [-0.1, -0.05) is 60.2 Å². The Morgan fingerprint density at radius 1 is 0.840 bits per heavy atom. The molecule has 0 N–H and O–H groups in total. The summed E-state index contributed by atoms with van der Waals surface area (Å²) in [5.41, 5.74) is 5.38. The maximum absolute atomic E-state index is 6.15. The lowest BCUT2D eigenvalue weighted by atomic mass is 10.0. The van der Waals surface area contributed by atoms with Crippen LogP contribution < -0.4 is 4.74 Å². The zero-order valence-electron chi connectivity index (χ0n) is 14.9. The number of aliphatic imine (C=N–C) groups is 1. The summed E-state index contributed by atoms with van der Waals surface area (Å²) in [5, 5.41) is 0. The van der Waals surface area contributed by atoms with Crippen LogP contribution in [0.15, 0.2) is 77.8 Å². The fourth-order valence-electron chi connectivity index (χ4n) is 2.64. The Morgan fingerprint density at radius 2 is 1.56 bits per heavy atom. The van der Waals surface area contributed by atoms with Crippen LogP contribution in [0.25, 0.3) is 11.1 Å². The lowest BCUT2D eigenvalue weighted by Crippen LogP contribution is -2.08. The Balaban J connectivity index is 2.02. The second kappa shape index (κ2) is 7.80. The first-order valence-corrected chi connectivity index (χ1v) is 8.59. The van der Waals surface area contributed by atoms with Crippen molar-refractivity contribution in [1.82, 2.24) is 0 Å². The number of hydrogen-bond donors (Lipinski definition) is 0. The van der Waals surface area contributed by atoms with E-state index in [9.17, 15) is 0 Å². The van der Waals surface area contributed by atoms with E-state index in [2.05, 4.69) is 42.2 Å². The average molecular weight is 329 g/mol. The molecule has 0 amide bonds. The van der Waals surface area contributed by atoms with Crippen LogP contribution in [0.4, 0.5) is 5.69 Å². The first-order valence-electron chi connectivity index (χ1n) is 8.59. The Labute approximate surface area is 149 Å². The molecule has 0 saturated heterocycles. The summed E-state index contributed by atoms with van der Waals surface area (Å²) in [4.78, 5) is 4.62. The van der Waals surface area contributed by atoms with Crippen LogP contribution in [0, 0.1) is 6.92 Å². The fourth-order valence-corrected chi connectivity index (χ4v) is 2.64. The van der Waals surface area contributed by atoms with E-state index in [-0.39, 0.29) is 6.10 Å². The molecule has 0 atom stereocenters. The first-order chi connectivity index (χ1) is 12.1. The van der Waals surface area contributed by atoms with Crippen molar-refractivity contribution in [3.63, 3.8) is 0 Å². The molecule has 0 heterocycles. The Hall–Kier alpha value is -2.87. The van der Waals surface area contributed by atoms with E-state index in [0.717, 1.165) is 28.1 Å². The molecular formula is C23H23NO. The Kier molecular flexibility index (Phi) is 5.30. The third kappa shape index (κ3) is 4.36. The van der Waals surface area contributed by atoms with E-state index in [1.54, 1.807) is 0 Å². The summed E-state index contributed by atoms with van der Waals surface area (Å²) >= 11 is 0. The highest BCUT2D eigenvalue weighted by atomic mass is 16.5. The molecule has 0 aliphatic heterocycles. The number of aryl methyl sites for hydroxylation is 1. The second-order valence-electron chi connectivity index (χ2n) is 6.35. The van der Waals surface area contributed by atoms with Crippen molar-refractivity contribution < 1.29 is 4.74 Å². The van der Waals surface area contributed by atoms with Gasteiger partial charge < -0.3 is 4.74 Å². The zero-order valence-corrected chi connectivity index (χ0v) is 14.9. The molecule has 3 aromatic carbocycles. The van der Waals surface area contributed by atoms with E-state index in [0.29, 0.717) is 0 Å². The van der Waals surface area contributed by atoms with Crippen LogP contribution in [0.2, 0.25) is 0 Å². The summed E-state index contributed by atoms with van der Waals surface area (Å²) in [6.07, 6.45) is 1.98. The van der Waals surface area contributed by atoms with E-state index >= 15 is 0 Å². The van der Waals surface area contributed by atoms with Crippen LogP contribution >= 0.6 is 0 Å². The third-order valence-electron chi connectivity index (χ3n) is 3.87. The molecule has 0 aliphatic rings. The van der Waals surface area contributed by atoms with E-state index in [4.69, 9.17) is 4.74 Å². The van der Waals surface area contributed by atoms with Crippen LogP contribution in [0.5, 0.6) is 5.75 Å². The van der Waals surface area contributed by atoms with Gasteiger partial charge in [0, 0.05) is 17.3 Å². The van der Waals surface area contributed by atoms with Crippen molar-refractivity contribution in [3.8, 4) is 16.9 Å². The van der Waals surface area contributed by atoms with E-state index in [1.165, 1.54) is 5.56 Å². The lowest BCUT2D eigenvalue weighted by molar-refractivity contribution is 0.243. The van der Waals surface area contributed by atoms with Crippen LogP contribution in [-0.4, -0.2) is 12.3 Å². The summed E-state index contributed by atoms with van der Waals surface area (Å²) in [7, 11) is 0. The standard InChI is InChI=1S/C23H23NO/c1-17(2)25-23-20(16-24-21-14-12-18(3)13-15-21)10-7-11-22(23)19-8-5-4-6-9-19/h4-17H,1-3H3. The first kappa shape index (κ1) is 17.0. The van der Waals surface area contributed by atoms with Gasteiger partial charge in [0.1, 0.15) is 5.75 Å². The molecule has 126 valence electrons. The molecular weight excluding hydrogens is 306 g/mol. The third-order valence-corrected chi connectivity index (χ3v) is 3.87. The number of hydrogen-bond acceptors (Lipinski definition) is 2. The van der Waals surface area contributed by atoms with Crippen molar-refractivity contribution >= 4 is 11.9 Å². The highest BCUT2D eigenvalue weighted by Crippen LogP contribution is 2.33. The van der Waals surface area contributed by atoms with Gasteiger partial charge in [-0.15, -0.1) is 0 Å². The molecule has 0 bridgehead atoms. The quantitative estimate of drug-likeness (QED) is 0.511. The molecule has 3 aromatic rings. The molecule has 3 rings (SSSR count). The van der Waals surface area contributed by atoms with Gasteiger partial charge in [-0.05, 0) is 44.5 Å².